The molecule has 0 amide bonds. The van der Waals surface area contributed by atoms with Gasteiger partial charge in [0.25, 0.3) is 20.2 Å². The van der Waals surface area contributed by atoms with Crippen LogP contribution in [0, 0.1) is 49.4 Å². The van der Waals surface area contributed by atoms with Gasteiger partial charge in [0, 0.05) is 0 Å². The molecule has 6 nitrogen and oxygen atoms in total. The molecule has 10 rings (SSSR count). The van der Waals surface area contributed by atoms with E-state index in [1.807, 2.05) is 13.8 Å². The Labute approximate surface area is 288 Å². The van der Waals surface area contributed by atoms with E-state index in [4.69, 9.17) is 8.37 Å². The average molecular weight is 693 g/mol. The molecule has 0 N–H and O–H groups in total. The zero-order valence-corrected chi connectivity index (χ0v) is 29.3. The van der Waals surface area contributed by atoms with E-state index in [-0.39, 0.29) is 46.7 Å². The molecule has 252 valence electrons. The molecule has 0 heterocycles. The normalized spacial score (nSPS) is 28.6. The molecule has 4 bridgehead atoms. The Morgan fingerprint density at radius 2 is 0.959 bits per heavy atom. The fraction of sp³-hybridized carbons (Fsp3) is 0.366. The largest absolute Gasteiger partial charge is 0.296 e. The van der Waals surface area contributed by atoms with Gasteiger partial charge in [0.15, 0.2) is 0 Å². The molecule has 0 aromatic heterocycles. The lowest BCUT2D eigenvalue weighted by atomic mass is 9.47. The maximum Gasteiger partial charge on any atom is 0.296 e. The van der Waals surface area contributed by atoms with E-state index >= 15 is 0 Å². The van der Waals surface area contributed by atoms with Gasteiger partial charge in [0.2, 0.25) is 0 Å². The Hall–Kier alpha value is -3.56. The second-order valence-corrected chi connectivity index (χ2v) is 18.2. The Balaban J connectivity index is 1.07. The quantitative estimate of drug-likeness (QED) is 0.120. The molecule has 8 atom stereocenters. The molecule has 4 saturated carbocycles. The molecule has 0 spiro atoms. The van der Waals surface area contributed by atoms with Crippen LogP contribution in [0.15, 0.2) is 107 Å². The standard InChI is InChI=1S/C41H40O6S2/c1-24-7-11-30(12-8-24)48(42,43)46-22-38-32-15-16-33(39(38)23-47-49(44,45)31-13-9-25(2)10-14-31)41-37-21-36(40(32)41)34-19-28-17-26-5-3-4-6-27(26)18-29(28)20-35(34)37/h3-14,17-20,32-33,36-41H,15-16,21-23H2,1-2H3/t32-,33+,36+,37-,38-,39-,40+,41-/m1/s1. The van der Waals surface area contributed by atoms with Crippen molar-refractivity contribution in [3.05, 3.63) is 119 Å². The van der Waals surface area contributed by atoms with E-state index in [9.17, 15) is 16.8 Å². The molecule has 5 aliphatic rings. The number of aryl methyl sites for hydroxylation is 2. The fourth-order valence-electron chi connectivity index (χ4n) is 10.4. The molecule has 49 heavy (non-hydrogen) atoms. The molecule has 5 aromatic rings. The van der Waals surface area contributed by atoms with Crippen LogP contribution in [0.3, 0.4) is 0 Å². The number of benzene rings is 5. The zero-order chi connectivity index (χ0) is 33.7. The van der Waals surface area contributed by atoms with Crippen LogP contribution in [0.1, 0.15) is 53.4 Å². The van der Waals surface area contributed by atoms with Crippen molar-refractivity contribution in [2.75, 3.05) is 13.2 Å². The molecule has 0 saturated heterocycles. The van der Waals surface area contributed by atoms with Crippen molar-refractivity contribution >= 4 is 41.8 Å². The monoisotopic (exact) mass is 692 g/mol. The van der Waals surface area contributed by atoms with Crippen molar-refractivity contribution < 1.29 is 25.2 Å². The van der Waals surface area contributed by atoms with Crippen molar-refractivity contribution in [2.24, 2.45) is 35.5 Å². The fourth-order valence-corrected chi connectivity index (χ4v) is 12.3. The third kappa shape index (κ3) is 5.17. The SMILES string of the molecule is Cc1ccc(S(=O)(=O)OC[C@H]2[C@H](COS(=O)(=O)c3ccc(C)cc3)[C@@H]3CC[C@H]2[C@@H]2[C@H]3[C@@H]3C[C@H]2c2cc4cc5ccccc5cc4cc23)cc1. The number of fused-ring (bicyclic) bond motifs is 9. The summed E-state index contributed by atoms with van der Waals surface area (Å²) in [5.74, 6) is 1.79. The second-order valence-electron chi connectivity index (χ2n) is 15.0. The first-order valence-electron chi connectivity index (χ1n) is 17.5. The van der Waals surface area contributed by atoms with Gasteiger partial charge in [-0.2, -0.15) is 16.8 Å². The van der Waals surface area contributed by atoms with Gasteiger partial charge in [-0.1, -0.05) is 71.8 Å². The highest BCUT2D eigenvalue weighted by molar-refractivity contribution is 7.87. The molecule has 0 aliphatic heterocycles. The summed E-state index contributed by atoms with van der Waals surface area (Å²) in [5, 5.41) is 5.00. The van der Waals surface area contributed by atoms with E-state index in [0.29, 0.717) is 23.7 Å². The summed E-state index contributed by atoms with van der Waals surface area (Å²) in [6.45, 7) is 3.88. The van der Waals surface area contributed by atoms with Gasteiger partial charge in [-0.05, 0) is 150 Å². The third-order valence-corrected chi connectivity index (χ3v) is 15.1. The molecule has 0 radical (unpaired) electrons. The number of hydrogen-bond acceptors (Lipinski definition) is 6. The lowest BCUT2D eigenvalue weighted by Crippen LogP contribution is -2.55. The molecule has 8 heteroatoms. The van der Waals surface area contributed by atoms with Crippen molar-refractivity contribution in [1.29, 1.82) is 0 Å². The predicted octanol–water partition coefficient (Wildman–Crippen LogP) is 8.51. The summed E-state index contributed by atoms with van der Waals surface area (Å²) < 4.78 is 65.4. The first-order valence-corrected chi connectivity index (χ1v) is 20.3. The predicted molar refractivity (Wildman–Crippen MR) is 190 cm³/mol. The summed E-state index contributed by atoms with van der Waals surface area (Å²) in [4.78, 5) is 0.278. The highest BCUT2D eigenvalue weighted by Crippen LogP contribution is 2.71. The molecule has 0 unspecified atom stereocenters. The van der Waals surface area contributed by atoms with Gasteiger partial charge >= 0.3 is 0 Å². The smallest absolute Gasteiger partial charge is 0.266 e. The van der Waals surface area contributed by atoms with E-state index < -0.39 is 20.2 Å². The first-order chi connectivity index (χ1) is 23.6. The average Bonchev–Trinajstić information content (AvgIpc) is 3.67. The summed E-state index contributed by atoms with van der Waals surface area (Å²) in [6, 6.07) is 31.4. The Morgan fingerprint density at radius 1 is 0.551 bits per heavy atom. The van der Waals surface area contributed by atoms with Crippen LogP contribution in [0.2, 0.25) is 0 Å². The third-order valence-electron chi connectivity index (χ3n) is 12.5. The Kier molecular flexibility index (Phi) is 7.37. The topological polar surface area (TPSA) is 86.7 Å². The maximum atomic E-state index is 13.4. The van der Waals surface area contributed by atoms with E-state index in [2.05, 4.69) is 48.5 Å². The minimum absolute atomic E-state index is 0.0210. The van der Waals surface area contributed by atoms with Crippen LogP contribution in [0.25, 0.3) is 21.5 Å². The molecule has 5 aliphatic carbocycles. The van der Waals surface area contributed by atoms with Gasteiger partial charge in [-0.15, -0.1) is 0 Å². The van der Waals surface area contributed by atoms with Crippen molar-refractivity contribution in [2.45, 2.75) is 54.7 Å². The van der Waals surface area contributed by atoms with Crippen molar-refractivity contribution in [3.8, 4) is 0 Å². The molecule has 4 fully saturated rings. The summed E-state index contributed by atoms with van der Waals surface area (Å²) >= 11 is 0. The number of hydrogen-bond donors (Lipinski definition) is 0. The summed E-state index contributed by atoms with van der Waals surface area (Å²) in [6.07, 6.45) is 3.07. The van der Waals surface area contributed by atoms with Crippen LogP contribution in [-0.2, 0) is 28.6 Å². The van der Waals surface area contributed by atoms with E-state index in [1.165, 1.54) is 32.7 Å². The summed E-state index contributed by atoms with van der Waals surface area (Å²) in [5.41, 5.74) is 4.84. The van der Waals surface area contributed by atoms with Crippen LogP contribution in [-0.4, -0.2) is 30.0 Å². The van der Waals surface area contributed by atoms with Crippen molar-refractivity contribution in [1.82, 2.24) is 0 Å². The maximum absolute atomic E-state index is 13.4. The van der Waals surface area contributed by atoms with Crippen LogP contribution >= 0.6 is 0 Å². The Bertz CT molecular complexity index is 2150. The number of rotatable bonds is 8. The van der Waals surface area contributed by atoms with E-state index in [0.717, 1.165) is 30.4 Å². The first kappa shape index (κ1) is 31.4. The van der Waals surface area contributed by atoms with Gasteiger partial charge < -0.3 is 0 Å². The van der Waals surface area contributed by atoms with Crippen molar-refractivity contribution in [3.63, 3.8) is 0 Å². The molecule has 5 aromatic carbocycles. The van der Waals surface area contributed by atoms with E-state index in [1.54, 1.807) is 48.5 Å². The zero-order valence-electron chi connectivity index (χ0n) is 27.7. The van der Waals surface area contributed by atoms with Gasteiger partial charge in [-0.25, -0.2) is 0 Å². The summed E-state index contributed by atoms with van der Waals surface area (Å²) in [7, 11) is -7.98. The minimum Gasteiger partial charge on any atom is -0.266 e. The minimum atomic E-state index is -3.99. The van der Waals surface area contributed by atoms with Gasteiger partial charge in [0.05, 0.1) is 23.0 Å². The molecular formula is C41H40O6S2. The van der Waals surface area contributed by atoms with Crippen LogP contribution in [0.4, 0.5) is 0 Å². The second kappa shape index (κ2) is 11.5. The van der Waals surface area contributed by atoms with Crippen LogP contribution in [0.5, 0.6) is 0 Å². The van der Waals surface area contributed by atoms with Gasteiger partial charge in [0.1, 0.15) is 0 Å². The van der Waals surface area contributed by atoms with Crippen LogP contribution < -0.4 is 0 Å². The lowest BCUT2D eigenvalue weighted by Gasteiger charge is -2.58. The molecular weight excluding hydrogens is 653 g/mol. The highest BCUT2D eigenvalue weighted by atomic mass is 32.2. The van der Waals surface area contributed by atoms with Gasteiger partial charge in [-0.3, -0.25) is 8.37 Å². The Morgan fingerprint density at radius 3 is 1.37 bits per heavy atom. The highest BCUT2D eigenvalue weighted by Gasteiger charge is 2.64. The lowest BCUT2D eigenvalue weighted by molar-refractivity contribution is -0.0996.